The van der Waals surface area contributed by atoms with Gasteiger partial charge in [-0.25, -0.2) is 9.59 Å². The molecular formula is C32H33NO4S. The van der Waals surface area contributed by atoms with Gasteiger partial charge in [-0.05, 0) is 30.0 Å². The third-order valence-electron chi connectivity index (χ3n) is 6.49. The Balaban J connectivity index is 1.75. The minimum atomic E-state index is -0.509. The van der Waals surface area contributed by atoms with Crippen molar-refractivity contribution >= 4 is 23.8 Å². The summed E-state index contributed by atoms with van der Waals surface area (Å²) in [5, 5.41) is 0.0590. The van der Waals surface area contributed by atoms with Crippen LogP contribution in [0.3, 0.4) is 0 Å². The Morgan fingerprint density at radius 1 is 0.921 bits per heavy atom. The second-order valence-corrected chi connectivity index (χ2v) is 10.5. The molecule has 0 aromatic heterocycles. The second kappa shape index (κ2) is 13.2. The van der Waals surface area contributed by atoms with Crippen LogP contribution >= 0.6 is 11.8 Å². The Morgan fingerprint density at radius 2 is 1.45 bits per heavy atom. The van der Waals surface area contributed by atoms with Crippen LogP contribution in [0.5, 0.6) is 0 Å². The summed E-state index contributed by atoms with van der Waals surface area (Å²) >= 11 is 1.83. The summed E-state index contributed by atoms with van der Waals surface area (Å²) in [5.41, 5.74) is 3.48. The molecule has 0 aliphatic carbocycles. The minimum Gasteiger partial charge on any atom is -0.463 e. The van der Waals surface area contributed by atoms with Gasteiger partial charge in [-0.3, -0.25) is 0 Å². The summed E-state index contributed by atoms with van der Waals surface area (Å²) in [6.45, 7) is 6.32. The number of nitrogens with zero attached hydrogens (tertiary/aromatic N) is 1. The van der Waals surface area contributed by atoms with Crippen LogP contribution in [-0.2, 0) is 19.0 Å². The monoisotopic (exact) mass is 527 g/mol. The lowest BCUT2D eigenvalue weighted by atomic mass is 9.84. The molecule has 3 aromatic rings. The van der Waals surface area contributed by atoms with Gasteiger partial charge in [0.2, 0.25) is 0 Å². The molecule has 38 heavy (non-hydrogen) atoms. The van der Waals surface area contributed by atoms with Gasteiger partial charge in [0.25, 0.3) is 0 Å². The summed E-state index contributed by atoms with van der Waals surface area (Å²) < 4.78 is 9.96. The van der Waals surface area contributed by atoms with Crippen LogP contribution in [0.1, 0.15) is 30.0 Å². The van der Waals surface area contributed by atoms with Crippen LogP contribution in [0.15, 0.2) is 116 Å². The van der Waals surface area contributed by atoms with Gasteiger partial charge in [-0.15, -0.1) is 11.8 Å². The fourth-order valence-corrected chi connectivity index (χ4v) is 6.71. The first kappa shape index (κ1) is 27.3. The zero-order valence-electron chi connectivity index (χ0n) is 21.6. The molecule has 3 aromatic carbocycles. The molecule has 5 nitrogen and oxygen atoms in total. The first-order valence-electron chi connectivity index (χ1n) is 12.8. The van der Waals surface area contributed by atoms with Crippen molar-refractivity contribution in [1.29, 1.82) is 0 Å². The van der Waals surface area contributed by atoms with E-state index in [0.717, 1.165) is 16.7 Å². The molecule has 0 N–H and O–H groups in total. The van der Waals surface area contributed by atoms with Crippen LogP contribution in [0.2, 0.25) is 0 Å². The lowest BCUT2D eigenvalue weighted by molar-refractivity contribution is -0.137. The first-order chi connectivity index (χ1) is 18.6. The molecule has 1 aliphatic heterocycles. The van der Waals surface area contributed by atoms with E-state index in [0.29, 0.717) is 19.6 Å². The molecule has 0 radical (unpaired) electrons. The number of likely N-dealkylation sites (tertiary alicyclic amines) is 1. The highest BCUT2D eigenvalue weighted by molar-refractivity contribution is 8.01. The lowest BCUT2D eigenvalue weighted by Gasteiger charge is -2.37. The number of hydrogen-bond donors (Lipinski definition) is 0. The zero-order chi connectivity index (χ0) is 26.8. The molecule has 2 atom stereocenters. The van der Waals surface area contributed by atoms with Gasteiger partial charge in [-0.2, -0.15) is 0 Å². The molecule has 0 saturated carbocycles. The number of esters is 1. The number of hydrogen-bond acceptors (Lipinski definition) is 5. The molecular weight excluding hydrogens is 494 g/mol. The van der Waals surface area contributed by atoms with Gasteiger partial charge in [0.15, 0.2) is 0 Å². The maximum Gasteiger partial charge on any atom is 0.410 e. The Labute approximate surface area is 229 Å². The fraction of sp³-hybridized carbons (Fsp3) is 0.250. The third-order valence-corrected chi connectivity index (χ3v) is 8.23. The number of carbonyl (C=O) groups is 2. The molecule has 6 heteroatoms. The van der Waals surface area contributed by atoms with Crippen LogP contribution in [0.4, 0.5) is 4.79 Å². The molecule has 1 aliphatic rings. The highest BCUT2D eigenvalue weighted by Crippen LogP contribution is 2.52. The van der Waals surface area contributed by atoms with Crippen LogP contribution in [-0.4, -0.2) is 48.0 Å². The Kier molecular flexibility index (Phi) is 9.44. The minimum absolute atomic E-state index is 0.0590. The van der Waals surface area contributed by atoms with Crippen molar-refractivity contribution in [3.63, 3.8) is 0 Å². The summed E-state index contributed by atoms with van der Waals surface area (Å²) in [6.07, 6.45) is 4.96. The van der Waals surface area contributed by atoms with E-state index >= 15 is 0 Å². The van der Waals surface area contributed by atoms with Crippen molar-refractivity contribution in [1.82, 2.24) is 4.90 Å². The number of amides is 1. The van der Waals surface area contributed by atoms with Gasteiger partial charge < -0.3 is 14.4 Å². The SMILES string of the molecule is C=CCOC(=O)N1C[C@@H](SC(c2ccccc2)(c2ccccc2)c2ccccc2)C[C@H]1/C=C/C(=O)OCC. The highest BCUT2D eigenvalue weighted by atomic mass is 32.2. The maximum absolute atomic E-state index is 13.0. The number of thioether (sulfide) groups is 1. The standard InChI is InChI=1S/C32H33NO4S/c1-3-22-37-31(35)33-24-29(23-28(33)20-21-30(34)36-4-2)38-32(25-14-8-5-9-15-25,26-16-10-6-11-17-26)27-18-12-7-13-19-27/h3,5-21,28-29H,1,4,22-24H2,2H3/b21-20+/t28-,29+/m1/s1. The van der Waals surface area contributed by atoms with Gasteiger partial charge in [0, 0.05) is 17.9 Å². The maximum atomic E-state index is 13.0. The van der Waals surface area contributed by atoms with E-state index in [-0.39, 0.29) is 17.9 Å². The number of rotatable bonds is 10. The molecule has 4 rings (SSSR count). The summed E-state index contributed by atoms with van der Waals surface area (Å²) in [7, 11) is 0. The van der Waals surface area contributed by atoms with E-state index in [1.54, 1.807) is 24.0 Å². The highest BCUT2D eigenvalue weighted by Gasteiger charge is 2.44. The van der Waals surface area contributed by atoms with Gasteiger partial charge in [0.1, 0.15) is 6.61 Å². The van der Waals surface area contributed by atoms with E-state index in [1.165, 1.54) is 6.08 Å². The Morgan fingerprint density at radius 3 is 1.92 bits per heavy atom. The molecule has 0 unspecified atom stereocenters. The average Bonchev–Trinajstić information content (AvgIpc) is 3.37. The molecule has 1 heterocycles. The zero-order valence-corrected chi connectivity index (χ0v) is 22.4. The molecule has 196 valence electrons. The summed E-state index contributed by atoms with van der Waals surface area (Å²) in [4.78, 5) is 26.8. The van der Waals surface area contributed by atoms with Crippen molar-refractivity contribution in [2.75, 3.05) is 19.8 Å². The van der Waals surface area contributed by atoms with E-state index < -0.39 is 16.8 Å². The van der Waals surface area contributed by atoms with Crippen LogP contribution in [0, 0.1) is 0 Å². The van der Waals surface area contributed by atoms with Gasteiger partial charge >= 0.3 is 12.1 Å². The van der Waals surface area contributed by atoms with Crippen molar-refractivity contribution in [2.24, 2.45) is 0 Å². The van der Waals surface area contributed by atoms with Crippen molar-refractivity contribution in [3.8, 4) is 0 Å². The summed E-state index contributed by atoms with van der Waals surface area (Å²) in [6, 6.07) is 31.1. The van der Waals surface area contributed by atoms with Crippen molar-refractivity contribution < 1.29 is 19.1 Å². The second-order valence-electron chi connectivity index (χ2n) is 8.95. The fourth-order valence-electron chi connectivity index (χ4n) is 4.87. The molecule has 1 fully saturated rings. The Bertz CT molecular complexity index is 1130. The third kappa shape index (κ3) is 6.20. The van der Waals surface area contributed by atoms with Crippen LogP contribution in [0.25, 0.3) is 0 Å². The Hall–Kier alpha value is -3.77. The lowest BCUT2D eigenvalue weighted by Crippen LogP contribution is -2.36. The van der Waals surface area contributed by atoms with E-state index in [2.05, 4.69) is 79.4 Å². The predicted octanol–water partition coefficient (Wildman–Crippen LogP) is 6.60. The van der Waals surface area contributed by atoms with Gasteiger partial charge in [-0.1, -0.05) is 110 Å². The smallest absolute Gasteiger partial charge is 0.410 e. The van der Waals surface area contributed by atoms with E-state index in [4.69, 9.17) is 9.47 Å². The molecule has 0 spiro atoms. The largest absolute Gasteiger partial charge is 0.463 e. The number of carbonyl (C=O) groups excluding carboxylic acids is 2. The first-order valence-corrected chi connectivity index (χ1v) is 13.7. The van der Waals surface area contributed by atoms with Crippen molar-refractivity contribution in [2.45, 2.75) is 29.4 Å². The number of ether oxygens (including phenoxy) is 2. The predicted molar refractivity (Wildman–Crippen MR) is 153 cm³/mol. The quantitative estimate of drug-likeness (QED) is 0.129. The molecule has 1 saturated heterocycles. The number of benzene rings is 3. The van der Waals surface area contributed by atoms with E-state index in [1.807, 2.05) is 30.0 Å². The molecule has 1 amide bonds. The topological polar surface area (TPSA) is 55.8 Å². The van der Waals surface area contributed by atoms with Crippen molar-refractivity contribution in [3.05, 3.63) is 132 Å². The summed E-state index contributed by atoms with van der Waals surface area (Å²) in [5.74, 6) is -0.421. The normalized spacial score (nSPS) is 17.3. The van der Waals surface area contributed by atoms with E-state index in [9.17, 15) is 9.59 Å². The van der Waals surface area contributed by atoms with Crippen LogP contribution < -0.4 is 0 Å². The average molecular weight is 528 g/mol. The molecule has 0 bridgehead atoms. The van der Waals surface area contributed by atoms with Gasteiger partial charge in [0.05, 0.1) is 17.4 Å².